The standard InChI is InChI=1S/C15H24N4O5/c1-4-7-8-19-13(16)12(14(22)17-15(19)23)18(6-3)10(20)9-24-11(21)5-2/h4-9,16H2,1-3H3,(H,17,22,23). The van der Waals surface area contributed by atoms with Crippen LogP contribution in [0.4, 0.5) is 11.5 Å². The number of anilines is 2. The predicted octanol–water partition coefficient (Wildman–Crippen LogP) is 0.225. The number of nitrogens with zero attached hydrogens (tertiary/aromatic N) is 2. The van der Waals surface area contributed by atoms with Crippen molar-refractivity contribution in [1.82, 2.24) is 9.55 Å². The minimum atomic E-state index is -0.748. The lowest BCUT2D eigenvalue weighted by molar-refractivity contribution is -0.147. The molecule has 24 heavy (non-hydrogen) atoms. The van der Waals surface area contributed by atoms with Crippen molar-refractivity contribution in [3.05, 3.63) is 20.8 Å². The Balaban J connectivity index is 3.21. The molecule has 1 rings (SSSR count). The Hall–Kier alpha value is -2.58. The number of aromatic amines is 1. The zero-order valence-corrected chi connectivity index (χ0v) is 14.3. The summed E-state index contributed by atoms with van der Waals surface area (Å²) < 4.78 is 6.03. The first-order chi connectivity index (χ1) is 11.4. The molecule has 1 aromatic rings. The number of nitrogens with one attached hydrogen (secondary N) is 1. The lowest BCUT2D eigenvalue weighted by Crippen LogP contribution is -2.42. The Morgan fingerprint density at radius 3 is 2.46 bits per heavy atom. The van der Waals surface area contributed by atoms with E-state index < -0.39 is 29.7 Å². The molecular formula is C15H24N4O5. The van der Waals surface area contributed by atoms with E-state index in [1.54, 1.807) is 13.8 Å². The van der Waals surface area contributed by atoms with Crippen LogP contribution in [-0.2, 0) is 20.9 Å². The average molecular weight is 340 g/mol. The topological polar surface area (TPSA) is 127 Å². The van der Waals surface area contributed by atoms with Crippen molar-refractivity contribution >= 4 is 23.4 Å². The summed E-state index contributed by atoms with van der Waals surface area (Å²) in [6.07, 6.45) is 1.68. The molecule has 9 heteroatoms. The van der Waals surface area contributed by atoms with E-state index >= 15 is 0 Å². The Kier molecular flexibility index (Phi) is 7.22. The molecule has 0 bridgehead atoms. The number of ether oxygens (including phenoxy) is 1. The molecule has 0 saturated heterocycles. The summed E-state index contributed by atoms with van der Waals surface area (Å²) in [4.78, 5) is 50.8. The van der Waals surface area contributed by atoms with Crippen LogP contribution < -0.4 is 21.9 Å². The second kappa shape index (κ2) is 8.90. The molecule has 0 saturated carbocycles. The van der Waals surface area contributed by atoms with Gasteiger partial charge in [-0.15, -0.1) is 0 Å². The van der Waals surface area contributed by atoms with E-state index in [-0.39, 0.29) is 24.5 Å². The number of likely N-dealkylation sites (N-methyl/N-ethyl adjacent to an activating group) is 1. The van der Waals surface area contributed by atoms with E-state index in [4.69, 9.17) is 10.5 Å². The third-order valence-corrected chi connectivity index (χ3v) is 3.48. The molecule has 0 unspecified atom stereocenters. The van der Waals surface area contributed by atoms with Crippen LogP contribution in [-0.4, -0.2) is 34.6 Å². The van der Waals surface area contributed by atoms with E-state index in [2.05, 4.69) is 4.98 Å². The quantitative estimate of drug-likeness (QED) is 0.652. The van der Waals surface area contributed by atoms with Crippen molar-refractivity contribution in [2.45, 2.75) is 46.6 Å². The maximum absolute atomic E-state index is 12.3. The second-order valence-corrected chi connectivity index (χ2v) is 5.15. The van der Waals surface area contributed by atoms with Crippen LogP contribution in [0.1, 0.15) is 40.0 Å². The molecule has 1 aromatic heterocycles. The number of esters is 1. The zero-order valence-electron chi connectivity index (χ0n) is 14.3. The molecule has 0 spiro atoms. The van der Waals surface area contributed by atoms with Crippen LogP contribution >= 0.6 is 0 Å². The molecular weight excluding hydrogens is 316 g/mol. The van der Waals surface area contributed by atoms with Gasteiger partial charge in [-0.2, -0.15) is 0 Å². The van der Waals surface area contributed by atoms with Crippen LogP contribution in [0, 0.1) is 0 Å². The number of carbonyl (C=O) groups is 2. The van der Waals surface area contributed by atoms with E-state index in [9.17, 15) is 19.2 Å². The van der Waals surface area contributed by atoms with Crippen molar-refractivity contribution < 1.29 is 14.3 Å². The maximum atomic E-state index is 12.3. The Bertz CT molecular complexity index is 707. The zero-order chi connectivity index (χ0) is 18.3. The predicted molar refractivity (Wildman–Crippen MR) is 89.9 cm³/mol. The number of hydrogen-bond acceptors (Lipinski definition) is 6. The fraction of sp³-hybridized carbons (Fsp3) is 0.600. The average Bonchev–Trinajstić information content (AvgIpc) is 2.55. The van der Waals surface area contributed by atoms with Crippen molar-refractivity contribution in [2.24, 2.45) is 0 Å². The molecule has 0 atom stereocenters. The van der Waals surface area contributed by atoms with Gasteiger partial charge in [0.25, 0.3) is 11.5 Å². The summed E-state index contributed by atoms with van der Waals surface area (Å²) in [5.41, 5.74) is 4.49. The van der Waals surface area contributed by atoms with Gasteiger partial charge in [0.2, 0.25) is 0 Å². The largest absolute Gasteiger partial charge is 0.456 e. The Labute approximate surface area is 139 Å². The maximum Gasteiger partial charge on any atom is 0.330 e. The van der Waals surface area contributed by atoms with Crippen molar-refractivity contribution in [2.75, 3.05) is 23.8 Å². The Morgan fingerprint density at radius 2 is 1.92 bits per heavy atom. The van der Waals surface area contributed by atoms with Gasteiger partial charge in [0.05, 0.1) is 0 Å². The molecule has 9 nitrogen and oxygen atoms in total. The normalized spacial score (nSPS) is 10.5. The van der Waals surface area contributed by atoms with Crippen LogP contribution in [0.2, 0.25) is 0 Å². The molecule has 0 aliphatic rings. The van der Waals surface area contributed by atoms with Crippen molar-refractivity contribution in [1.29, 1.82) is 0 Å². The van der Waals surface area contributed by atoms with Crippen LogP contribution in [0.15, 0.2) is 9.59 Å². The van der Waals surface area contributed by atoms with Gasteiger partial charge in [0.1, 0.15) is 5.82 Å². The highest BCUT2D eigenvalue weighted by atomic mass is 16.5. The molecule has 3 N–H and O–H groups in total. The summed E-state index contributed by atoms with van der Waals surface area (Å²) in [6.45, 7) is 5.20. The molecule has 134 valence electrons. The van der Waals surface area contributed by atoms with Gasteiger partial charge in [-0.1, -0.05) is 20.3 Å². The fourth-order valence-corrected chi connectivity index (χ4v) is 2.16. The van der Waals surface area contributed by atoms with Crippen LogP contribution in [0.25, 0.3) is 0 Å². The first kappa shape index (κ1) is 19.5. The SMILES string of the molecule is CCCCn1c(N)c(N(CC)C(=O)COC(=O)CC)c(=O)[nH]c1=O. The molecule has 1 amide bonds. The first-order valence-electron chi connectivity index (χ1n) is 7.95. The van der Waals surface area contributed by atoms with Gasteiger partial charge in [-0.25, -0.2) is 4.79 Å². The molecule has 0 aliphatic heterocycles. The van der Waals surface area contributed by atoms with Gasteiger partial charge in [0, 0.05) is 19.5 Å². The van der Waals surface area contributed by atoms with Gasteiger partial charge >= 0.3 is 11.7 Å². The number of carbonyl (C=O) groups excluding carboxylic acids is 2. The number of H-pyrrole nitrogens is 1. The van der Waals surface area contributed by atoms with Crippen LogP contribution in [0.5, 0.6) is 0 Å². The lowest BCUT2D eigenvalue weighted by atomic mass is 10.3. The van der Waals surface area contributed by atoms with Gasteiger partial charge in [-0.05, 0) is 13.3 Å². The van der Waals surface area contributed by atoms with Gasteiger partial charge in [0.15, 0.2) is 12.3 Å². The summed E-state index contributed by atoms with van der Waals surface area (Å²) in [5.74, 6) is -1.18. The number of rotatable bonds is 8. The molecule has 0 radical (unpaired) electrons. The molecule has 0 aromatic carbocycles. The summed E-state index contributed by atoms with van der Waals surface area (Å²) in [7, 11) is 0. The third-order valence-electron chi connectivity index (χ3n) is 3.48. The van der Waals surface area contributed by atoms with E-state index in [0.717, 1.165) is 11.3 Å². The third kappa shape index (κ3) is 4.46. The van der Waals surface area contributed by atoms with Crippen molar-refractivity contribution in [3.63, 3.8) is 0 Å². The van der Waals surface area contributed by atoms with Crippen LogP contribution in [0.3, 0.4) is 0 Å². The van der Waals surface area contributed by atoms with Crippen molar-refractivity contribution in [3.8, 4) is 0 Å². The molecule has 0 fully saturated rings. The summed E-state index contributed by atoms with van der Waals surface area (Å²) >= 11 is 0. The fourth-order valence-electron chi connectivity index (χ4n) is 2.16. The molecule has 1 heterocycles. The number of hydrogen-bond donors (Lipinski definition) is 2. The van der Waals surface area contributed by atoms with E-state index in [1.165, 1.54) is 4.57 Å². The monoisotopic (exact) mass is 340 g/mol. The minimum Gasteiger partial charge on any atom is -0.456 e. The smallest absolute Gasteiger partial charge is 0.330 e. The lowest BCUT2D eigenvalue weighted by Gasteiger charge is -2.23. The number of nitrogen functional groups attached to an aromatic ring is 1. The Morgan fingerprint density at radius 1 is 1.25 bits per heavy atom. The minimum absolute atomic E-state index is 0.0748. The highest BCUT2D eigenvalue weighted by molar-refractivity contribution is 5.97. The number of aromatic nitrogens is 2. The van der Waals surface area contributed by atoms with E-state index in [0.29, 0.717) is 13.0 Å². The second-order valence-electron chi connectivity index (χ2n) is 5.15. The first-order valence-corrected chi connectivity index (χ1v) is 7.95. The number of nitrogens with two attached hydrogens (primary N) is 1. The summed E-state index contributed by atoms with van der Waals surface area (Å²) in [6, 6.07) is 0. The molecule has 0 aliphatic carbocycles. The number of amides is 1. The van der Waals surface area contributed by atoms with E-state index in [1.807, 2.05) is 6.92 Å². The van der Waals surface area contributed by atoms with Gasteiger partial charge < -0.3 is 15.4 Å². The summed E-state index contributed by atoms with van der Waals surface area (Å²) in [5, 5.41) is 0. The highest BCUT2D eigenvalue weighted by Crippen LogP contribution is 2.17. The van der Waals surface area contributed by atoms with Gasteiger partial charge in [-0.3, -0.25) is 23.9 Å². The highest BCUT2D eigenvalue weighted by Gasteiger charge is 2.23. The number of unbranched alkanes of at least 4 members (excludes halogenated alkanes) is 1.